The van der Waals surface area contributed by atoms with E-state index in [1.54, 1.807) is 6.08 Å². The van der Waals surface area contributed by atoms with E-state index >= 15 is 0 Å². The number of hydrogen-bond donors (Lipinski definition) is 1. The molecule has 0 bridgehead atoms. The number of nitrogens with one attached hydrogen (secondary N) is 1. The van der Waals surface area contributed by atoms with Crippen LogP contribution in [0.15, 0.2) is 72.0 Å². The van der Waals surface area contributed by atoms with E-state index in [2.05, 4.69) is 11.6 Å². The molecule has 0 aliphatic rings. The Kier molecular flexibility index (Phi) is 5.18. The lowest BCUT2D eigenvalue weighted by Gasteiger charge is -2.07. The summed E-state index contributed by atoms with van der Waals surface area (Å²) in [6, 6.07) is 17.4. The zero-order valence-electron chi connectivity index (χ0n) is 14.9. The van der Waals surface area contributed by atoms with Crippen molar-refractivity contribution in [3.63, 3.8) is 0 Å². The van der Waals surface area contributed by atoms with Gasteiger partial charge in [-0.2, -0.15) is 0 Å². The molecule has 1 N–H and O–H groups in total. The molecule has 2 heterocycles. The predicted octanol–water partition coefficient (Wildman–Crippen LogP) is 4.80. The van der Waals surface area contributed by atoms with E-state index in [9.17, 15) is 4.79 Å². The van der Waals surface area contributed by atoms with Crippen molar-refractivity contribution in [2.75, 3.05) is 6.61 Å². The molecule has 0 saturated carbocycles. The number of ether oxygens (including phenoxy) is 1. The molecule has 0 saturated heterocycles. The van der Waals surface area contributed by atoms with Gasteiger partial charge in [0.25, 0.3) is 5.56 Å². The summed E-state index contributed by atoms with van der Waals surface area (Å²) in [7, 11) is 0. The third-order valence-electron chi connectivity index (χ3n) is 4.20. The van der Waals surface area contributed by atoms with Crippen molar-refractivity contribution >= 4 is 33.9 Å². The van der Waals surface area contributed by atoms with Crippen LogP contribution in [0.4, 0.5) is 0 Å². The Balaban J connectivity index is 1.76. The summed E-state index contributed by atoms with van der Waals surface area (Å²) in [5.41, 5.74) is 2.32. The van der Waals surface area contributed by atoms with Gasteiger partial charge < -0.3 is 14.3 Å². The molecule has 0 radical (unpaired) electrons. The number of fused-ring (bicyclic) bond motifs is 1. The van der Waals surface area contributed by atoms with Gasteiger partial charge in [-0.05, 0) is 42.0 Å². The predicted molar refractivity (Wildman–Crippen MR) is 116 cm³/mol. The van der Waals surface area contributed by atoms with Gasteiger partial charge in [0.1, 0.15) is 22.9 Å². The standard InChI is InChI=1S/C21H17N3O2S2/c1-2-12-26-16-10-8-15(9-11-16)18-22-19-17(20(25)23-18)28-21(27)24(19)13-14-6-4-3-5-7-14/h2-11H,1,12-13H2,(H,22,23,25). The molecule has 0 atom stereocenters. The molecule has 5 nitrogen and oxygen atoms in total. The number of aromatic amines is 1. The fourth-order valence-electron chi connectivity index (χ4n) is 2.86. The summed E-state index contributed by atoms with van der Waals surface area (Å²) in [4.78, 5) is 20.2. The van der Waals surface area contributed by atoms with Crippen molar-refractivity contribution in [3.05, 3.63) is 87.1 Å². The highest BCUT2D eigenvalue weighted by atomic mass is 32.1. The maximum Gasteiger partial charge on any atom is 0.270 e. The largest absolute Gasteiger partial charge is 0.490 e. The van der Waals surface area contributed by atoms with Crippen molar-refractivity contribution in [3.8, 4) is 17.1 Å². The highest BCUT2D eigenvalue weighted by molar-refractivity contribution is 7.73. The maximum atomic E-state index is 12.6. The lowest BCUT2D eigenvalue weighted by Crippen LogP contribution is -2.10. The zero-order valence-corrected chi connectivity index (χ0v) is 16.6. The number of aromatic nitrogens is 3. The van der Waals surface area contributed by atoms with Crippen molar-refractivity contribution < 1.29 is 4.74 Å². The number of H-pyrrole nitrogens is 1. The molecular weight excluding hydrogens is 390 g/mol. The van der Waals surface area contributed by atoms with Gasteiger partial charge in [-0.15, -0.1) is 0 Å². The lowest BCUT2D eigenvalue weighted by atomic mass is 10.2. The first-order valence-corrected chi connectivity index (χ1v) is 9.90. The van der Waals surface area contributed by atoms with Crippen LogP contribution in [-0.2, 0) is 6.54 Å². The smallest absolute Gasteiger partial charge is 0.270 e. The van der Waals surface area contributed by atoms with Crippen molar-refractivity contribution in [2.45, 2.75) is 6.54 Å². The number of rotatable bonds is 6. The normalized spacial score (nSPS) is 10.9. The first-order chi connectivity index (χ1) is 13.7. The quantitative estimate of drug-likeness (QED) is 0.369. The van der Waals surface area contributed by atoms with Gasteiger partial charge in [0, 0.05) is 5.56 Å². The van der Waals surface area contributed by atoms with Gasteiger partial charge in [0.15, 0.2) is 9.60 Å². The molecule has 0 aliphatic carbocycles. The first kappa shape index (κ1) is 18.3. The molecule has 2 aromatic heterocycles. The summed E-state index contributed by atoms with van der Waals surface area (Å²) >= 11 is 6.78. The van der Waals surface area contributed by atoms with Crippen LogP contribution < -0.4 is 10.3 Å². The number of thiazole rings is 1. The van der Waals surface area contributed by atoms with E-state index in [1.807, 2.05) is 59.2 Å². The molecule has 2 aromatic carbocycles. The van der Waals surface area contributed by atoms with E-state index in [-0.39, 0.29) is 5.56 Å². The number of benzene rings is 2. The van der Waals surface area contributed by atoms with Crippen LogP contribution in [0.2, 0.25) is 0 Å². The Morgan fingerprint density at radius 2 is 1.93 bits per heavy atom. The number of hydrogen-bond acceptors (Lipinski definition) is 5. The Bertz CT molecular complexity index is 1240. The molecule has 4 aromatic rings. The van der Waals surface area contributed by atoms with Crippen molar-refractivity contribution in [2.24, 2.45) is 0 Å². The van der Waals surface area contributed by atoms with Gasteiger partial charge in [-0.25, -0.2) is 4.98 Å². The van der Waals surface area contributed by atoms with Crippen LogP contribution >= 0.6 is 23.6 Å². The first-order valence-electron chi connectivity index (χ1n) is 8.67. The monoisotopic (exact) mass is 407 g/mol. The molecule has 4 rings (SSSR count). The molecule has 0 fully saturated rings. The zero-order chi connectivity index (χ0) is 19.5. The van der Waals surface area contributed by atoms with E-state index in [4.69, 9.17) is 21.9 Å². The van der Waals surface area contributed by atoms with Gasteiger partial charge in [0.2, 0.25) is 0 Å². The second-order valence-electron chi connectivity index (χ2n) is 6.13. The second kappa shape index (κ2) is 7.92. The molecule has 28 heavy (non-hydrogen) atoms. The van der Waals surface area contributed by atoms with Crippen LogP contribution in [0.5, 0.6) is 5.75 Å². The summed E-state index contributed by atoms with van der Waals surface area (Å²) in [5, 5.41) is 0. The molecule has 7 heteroatoms. The van der Waals surface area contributed by atoms with Crippen LogP contribution in [0.25, 0.3) is 21.7 Å². The molecular formula is C21H17N3O2S2. The minimum absolute atomic E-state index is 0.185. The highest BCUT2D eigenvalue weighted by Gasteiger charge is 2.13. The third kappa shape index (κ3) is 3.67. The van der Waals surface area contributed by atoms with Crippen LogP contribution in [0, 0.1) is 3.95 Å². The van der Waals surface area contributed by atoms with E-state index in [0.717, 1.165) is 16.9 Å². The molecule has 0 unspecified atom stereocenters. The van der Waals surface area contributed by atoms with Crippen LogP contribution in [-0.4, -0.2) is 21.1 Å². The van der Waals surface area contributed by atoms with Crippen LogP contribution in [0.1, 0.15) is 5.56 Å². The van der Waals surface area contributed by atoms with E-state index in [1.165, 1.54) is 11.3 Å². The molecule has 0 spiro atoms. The van der Waals surface area contributed by atoms with Gasteiger partial charge in [-0.3, -0.25) is 4.79 Å². The SMILES string of the molecule is C=CCOc1ccc(-c2nc3c(sc(=S)n3Cc3ccccc3)c(=O)[nH]2)cc1. The average Bonchev–Trinajstić information content (AvgIpc) is 3.04. The minimum Gasteiger partial charge on any atom is -0.490 e. The minimum atomic E-state index is -0.185. The van der Waals surface area contributed by atoms with E-state index < -0.39 is 0 Å². The van der Waals surface area contributed by atoms with Crippen molar-refractivity contribution in [1.82, 2.24) is 14.5 Å². The fourth-order valence-corrected chi connectivity index (χ4v) is 4.09. The summed E-state index contributed by atoms with van der Waals surface area (Å²) in [5.74, 6) is 1.23. The van der Waals surface area contributed by atoms with Gasteiger partial charge >= 0.3 is 0 Å². The Morgan fingerprint density at radius 3 is 2.64 bits per heavy atom. The summed E-state index contributed by atoms with van der Waals surface area (Å²) in [6.07, 6.45) is 1.69. The van der Waals surface area contributed by atoms with Crippen LogP contribution in [0.3, 0.4) is 0 Å². The van der Waals surface area contributed by atoms with Gasteiger partial charge in [0.05, 0.1) is 6.54 Å². The Morgan fingerprint density at radius 1 is 1.18 bits per heavy atom. The molecule has 0 amide bonds. The second-order valence-corrected chi connectivity index (χ2v) is 7.78. The van der Waals surface area contributed by atoms with E-state index in [0.29, 0.717) is 33.3 Å². The molecule has 0 aliphatic heterocycles. The molecule has 140 valence electrons. The summed E-state index contributed by atoms with van der Waals surface area (Å²) < 4.78 is 8.57. The maximum absolute atomic E-state index is 12.6. The van der Waals surface area contributed by atoms with Crippen molar-refractivity contribution in [1.29, 1.82) is 0 Å². The number of nitrogens with zero attached hydrogens (tertiary/aromatic N) is 2. The fraction of sp³-hybridized carbons (Fsp3) is 0.0952. The lowest BCUT2D eigenvalue weighted by molar-refractivity contribution is 0.363. The van der Waals surface area contributed by atoms with Gasteiger partial charge in [-0.1, -0.05) is 54.3 Å². The Labute approximate surface area is 170 Å². The third-order valence-corrected chi connectivity index (χ3v) is 5.64. The average molecular weight is 408 g/mol. The summed E-state index contributed by atoms with van der Waals surface area (Å²) in [6.45, 7) is 4.65. The Hall–Kier alpha value is -3.03. The topological polar surface area (TPSA) is 59.9 Å². The highest BCUT2D eigenvalue weighted by Crippen LogP contribution is 2.24.